The molecule has 0 aliphatic heterocycles. The molecule has 3 nitrogen and oxygen atoms in total. The Labute approximate surface area is 140 Å². The summed E-state index contributed by atoms with van der Waals surface area (Å²) in [4.78, 5) is 10.3. The molecule has 0 bridgehead atoms. The van der Waals surface area contributed by atoms with Crippen molar-refractivity contribution < 1.29 is 15.0 Å². The number of aliphatic hydroxyl groups is 1. The molecule has 0 amide bonds. The van der Waals surface area contributed by atoms with E-state index in [0.29, 0.717) is 12.8 Å². The SMILES string of the molecule is CC/C=C\C/C=C\C/C=C\C/C=C\C=C/C(O)CCCC(=O)O. The van der Waals surface area contributed by atoms with E-state index in [0.717, 1.165) is 25.7 Å². The molecule has 0 aromatic rings. The monoisotopic (exact) mass is 318 g/mol. The predicted octanol–water partition coefficient (Wildman–Crippen LogP) is 4.96. The molecule has 0 aliphatic rings. The smallest absolute Gasteiger partial charge is 0.303 e. The molecule has 2 N–H and O–H groups in total. The van der Waals surface area contributed by atoms with Crippen LogP contribution in [0.5, 0.6) is 0 Å². The average molecular weight is 318 g/mol. The number of rotatable bonds is 13. The fourth-order valence-electron chi connectivity index (χ4n) is 1.79. The Bertz CT molecular complexity index is 428. The van der Waals surface area contributed by atoms with Crippen molar-refractivity contribution >= 4 is 5.97 Å². The summed E-state index contributed by atoms with van der Waals surface area (Å²) in [6.45, 7) is 2.13. The first-order valence-electron chi connectivity index (χ1n) is 8.35. The standard InChI is InChI=1S/C20H30O3/c1-2-3-4-5-6-7-8-9-10-11-12-13-14-16-19(21)17-15-18-20(22)23/h3-4,6-7,9-10,12-14,16,19,21H,2,5,8,11,15,17-18H2,1H3,(H,22,23)/b4-3-,7-6-,10-9-,13-12-,16-14-. The molecule has 0 heterocycles. The van der Waals surface area contributed by atoms with Gasteiger partial charge in [0.1, 0.15) is 0 Å². The highest BCUT2D eigenvalue weighted by Crippen LogP contribution is 2.02. The van der Waals surface area contributed by atoms with Crippen molar-refractivity contribution in [2.45, 2.75) is 58.0 Å². The lowest BCUT2D eigenvalue weighted by Gasteiger charge is -2.02. The molecule has 0 saturated carbocycles. The number of hydrogen-bond donors (Lipinski definition) is 2. The van der Waals surface area contributed by atoms with Gasteiger partial charge in [0.2, 0.25) is 0 Å². The van der Waals surface area contributed by atoms with Crippen molar-refractivity contribution in [1.29, 1.82) is 0 Å². The molecule has 1 atom stereocenters. The molecule has 1 unspecified atom stereocenters. The third kappa shape index (κ3) is 18.1. The van der Waals surface area contributed by atoms with Crippen LogP contribution in [0.15, 0.2) is 60.8 Å². The Balaban J connectivity index is 3.65. The summed E-state index contributed by atoms with van der Waals surface area (Å²) in [5.74, 6) is -0.819. The third-order valence-corrected chi connectivity index (χ3v) is 3.02. The van der Waals surface area contributed by atoms with Crippen molar-refractivity contribution in [3.63, 3.8) is 0 Å². The lowest BCUT2D eigenvalue weighted by atomic mass is 10.1. The van der Waals surface area contributed by atoms with Crippen LogP contribution in [0.2, 0.25) is 0 Å². The van der Waals surface area contributed by atoms with E-state index in [1.165, 1.54) is 0 Å². The van der Waals surface area contributed by atoms with Crippen LogP contribution in [0.1, 0.15) is 51.9 Å². The maximum absolute atomic E-state index is 10.3. The Morgan fingerprint density at radius 1 is 0.913 bits per heavy atom. The molecule has 23 heavy (non-hydrogen) atoms. The van der Waals surface area contributed by atoms with Crippen molar-refractivity contribution in [2.24, 2.45) is 0 Å². The Kier molecular flexibility index (Phi) is 15.2. The molecule has 128 valence electrons. The van der Waals surface area contributed by atoms with E-state index in [-0.39, 0.29) is 6.42 Å². The summed E-state index contributed by atoms with van der Waals surface area (Å²) in [6, 6.07) is 0. The van der Waals surface area contributed by atoms with Crippen LogP contribution in [0.4, 0.5) is 0 Å². The van der Waals surface area contributed by atoms with Gasteiger partial charge < -0.3 is 10.2 Å². The summed E-state index contributed by atoms with van der Waals surface area (Å²) in [5, 5.41) is 18.1. The lowest BCUT2D eigenvalue weighted by molar-refractivity contribution is -0.137. The summed E-state index contributed by atoms with van der Waals surface area (Å²) in [7, 11) is 0. The van der Waals surface area contributed by atoms with E-state index in [9.17, 15) is 9.90 Å². The van der Waals surface area contributed by atoms with Crippen molar-refractivity contribution in [2.75, 3.05) is 0 Å². The van der Waals surface area contributed by atoms with E-state index in [2.05, 4.69) is 43.4 Å². The highest BCUT2D eigenvalue weighted by molar-refractivity contribution is 5.66. The van der Waals surface area contributed by atoms with E-state index in [4.69, 9.17) is 5.11 Å². The maximum atomic E-state index is 10.3. The molecule has 0 aliphatic carbocycles. The van der Waals surface area contributed by atoms with Crippen LogP contribution in [0.25, 0.3) is 0 Å². The highest BCUT2D eigenvalue weighted by Gasteiger charge is 2.01. The van der Waals surface area contributed by atoms with Crippen molar-refractivity contribution in [3.05, 3.63) is 60.8 Å². The fraction of sp³-hybridized carbons (Fsp3) is 0.450. The molecule has 0 fully saturated rings. The minimum absolute atomic E-state index is 0.106. The van der Waals surface area contributed by atoms with Gasteiger partial charge in [0.05, 0.1) is 6.10 Å². The average Bonchev–Trinajstić information content (AvgIpc) is 2.51. The number of aliphatic hydroxyl groups excluding tert-OH is 1. The summed E-state index contributed by atoms with van der Waals surface area (Å²) >= 11 is 0. The first-order valence-corrected chi connectivity index (χ1v) is 8.35. The zero-order valence-electron chi connectivity index (χ0n) is 14.1. The number of carboxylic acid groups (broad SMARTS) is 1. The lowest BCUT2D eigenvalue weighted by Crippen LogP contribution is -2.03. The highest BCUT2D eigenvalue weighted by atomic mass is 16.4. The second-order valence-electron chi connectivity index (χ2n) is 5.20. The van der Waals surface area contributed by atoms with Gasteiger partial charge in [-0.15, -0.1) is 0 Å². The number of allylic oxidation sites excluding steroid dienone is 9. The van der Waals surface area contributed by atoms with Gasteiger partial charge in [0, 0.05) is 6.42 Å². The zero-order valence-corrected chi connectivity index (χ0v) is 14.1. The van der Waals surface area contributed by atoms with Gasteiger partial charge in [0.15, 0.2) is 0 Å². The minimum atomic E-state index is -0.819. The maximum Gasteiger partial charge on any atom is 0.303 e. The zero-order chi connectivity index (χ0) is 17.2. The Hall–Kier alpha value is -1.87. The first kappa shape index (κ1) is 21.1. The van der Waals surface area contributed by atoms with E-state index < -0.39 is 12.1 Å². The van der Waals surface area contributed by atoms with Crippen LogP contribution >= 0.6 is 0 Å². The molecule has 0 aromatic heterocycles. The minimum Gasteiger partial charge on any atom is -0.481 e. The summed E-state index contributed by atoms with van der Waals surface area (Å²) in [5.41, 5.74) is 0. The van der Waals surface area contributed by atoms with Crippen LogP contribution in [-0.2, 0) is 4.79 Å². The molecule has 0 saturated heterocycles. The second kappa shape index (κ2) is 16.5. The van der Waals surface area contributed by atoms with E-state index in [1.807, 2.05) is 12.2 Å². The molecule has 3 heteroatoms. The van der Waals surface area contributed by atoms with Gasteiger partial charge in [-0.1, -0.05) is 67.7 Å². The second-order valence-corrected chi connectivity index (χ2v) is 5.20. The molecule has 0 spiro atoms. The number of hydrogen-bond acceptors (Lipinski definition) is 2. The third-order valence-electron chi connectivity index (χ3n) is 3.02. The topological polar surface area (TPSA) is 57.5 Å². The molecular weight excluding hydrogens is 288 g/mol. The first-order chi connectivity index (χ1) is 11.2. The summed E-state index contributed by atoms with van der Waals surface area (Å²) < 4.78 is 0. The largest absolute Gasteiger partial charge is 0.481 e. The fourth-order valence-corrected chi connectivity index (χ4v) is 1.79. The van der Waals surface area contributed by atoms with Crippen LogP contribution in [0.3, 0.4) is 0 Å². The molecule has 0 rings (SSSR count). The van der Waals surface area contributed by atoms with Crippen LogP contribution in [0, 0.1) is 0 Å². The van der Waals surface area contributed by atoms with Gasteiger partial charge in [-0.05, 0) is 38.5 Å². The van der Waals surface area contributed by atoms with Gasteiger partial charge in [-0.2, -0.15) is 0 Å². The molecular formula is C20H30O3. The van der Waals surface area contributed by atoms with Gasteiger partial charge in [-0.25, -0.2) is 0 Å². The number of aliphatic carboxylic acids is 1. The number of carbonyl (C=O) groups is 1. The van der Waals surface area contributed by atoms with Crippen LogP contribution in [-0.4, -0.2) is 22.3 Å². The van der Waals surface area contributed by atoms with E-state index in [1.54, 1.807) is 12.2 Å². The predicted molar refractivity (Wildman–Crippen MR) is 97.3 cm³/mol. The Morgan fingerprint density at radius 2 is 1.48 bits per heavy atom. The van der Waals surface area contributed by atoms with Crippen molar-refractivity contribution in [1.82, 2.24) is 0 Å². The van der Waals surface area contributed by atoms with Crippen LogP contribution < -0.4 is 0 Å². The van der Waals surface area contributed by atoms with Gasteiger partial charge in [0.25, 0.3) is 0 Å². The quantitative estimate of drug-likeness (QED) is 0.372. The van der Waals surface area contributed by atoms with Gasteiger partial charge in [-0.3, -0.25) is 4.79 Å². The van der Waals surface area contributed by atoms with E-state index >= 15 is 0 Å². The Morgan fingerprint density at radius 3 is 2.04 bits per heavy atom. The number of carboxylic acids is 1. The molecule has 0 radical (unpaired) electrons. The normalized spacial score (nSPS) is 14.2. The van der Waals surface area contributed by atoms with Gasteiger partial charge >= 0.3 is 5.97 Å². The van der Waals surface area contributed by atoms with Crippen molar-refractivity contribution in [3.8, 4) is 0 Å². The molecule has 0 aromatic carbocycles. The summed E-state index contributed by atoms with van der Waals surface area (Å²) in [6.07, 6.45) is 24.7.